The van der Waals surface area contributed by atoms with E-state index in [0.29, 0.717) is 0 Å². The summed E-state index contributed by atoms with van der Waals surface area (Å²) in [5, 5.41) is 9.13. The third-order valence-electron chi connectivity index (χ3n) is 11.3. The summed E-state index contributed by atoms with van der Waals surface area (Å²) in [6.07, 6.45) is 4.28. The first kappa shape index (κ1) is 30.9. The lowest BCUT2D eigenvalue weighted by Gasteiger charge is -2.26. The fourth-order valence-electron chi connectivity index (χ4n) is 8.51. The SMILES string of the molecule is c1ccc2c(c1)oc1cc3cc(N(c4ccc(-c5ccc(-c6cc7ccccn7c6)cc5)cc4)c4ccc5cc6c(cc5c4)oc4ccccc46)ccc3cc12. The van der Waals surface area contributed by atoms with Crippen LogP contribution in [-0.2, 0) is 0 Å². The monoisotopic (exact) mass is 716 g/mol. The predicted molar refractivity (Wildman–Crippen MR) is 233 cm³/mol. The van der Waals surface area contributed by atoms with Crippen LogP contribution >= 0.6 is 0 Å². The van der Waals surface area contributed by atoms with Crippen molar-refractivity contribution in [2.75, 3.05) is 4.90 Å². The fraction of sp³-hybridized carbons (Fsp3) is 0. The summed E-state index contributed by atoms with van der Waals surface area (Å²) in [6.45, 7) is 0. The zero-order chi connectivity index (χ0) is 36.7. The number of aromatic nitrogens is 1. The summed E-state index contributed by atoms with van der Waals surface area (Å²) in [6, 6.07) is 65.1. The second-order valence-electron chi connectivity index (χ2n) is 14.7. The van der Waals surface area contributed by atoms with Crippen LogP contribution in [0.15, 0.2) is 203 Å². The van der Waals surface area contributed by atoms with E-state index in [2.05, 4.69) is 179 Å². The number of furan rings is 2. The van der Waals surface area contributed by atoms with Gasteiger partial charge in [0.2, 0.25) is 0 Å². The smallest absolute Gasteiger partial charge is 0.136 e. The molecule has 4 aromatic heterocycles. The minimum Gasteiger partial charge on any atom is -0.456 e. The molecular formula is C52H32N2O2. The van der Waals surface area contributed by atoms with E-state index in [4.69, 9.17) is 8.83 Å². The van der Waals surface area contributed by atoms with Crippen LogP contribution in [-0.4, -0.2) is 4.40 Å². The number of para-hydroxylation sites is 2. The summed E-state index contributed by atoms with van der Waals surface area (Å²) < 4.78 is 14.8. The van der Waals surface area contributed by atoms with Crippen LogP contribution in [0.4, 0.5) is 17.1 Å². The van der Waals surface area contributed by atoms with Gasteiger partial charge >= 0.3 is 0 Å². The predicted octanol–water partition coefficient (Wildman–Crippen LogP) is 14.8. The third-order valence-corrected chi connectivity index (χ3v) is 11.3. The van der Waals surface area contributed by atoms with Crippen molar-refractivity contribution >= 4 is 88.0 Å². The molecule has 0 unspecified atom stereocenters. The van der Waals surface area contributed by atoms with Crippen molar-refractivity contribution in [2.45, 2.75) is 0 Å². The van der Waals surface area contributed by atoms with Gasteiger partial charge in [-0.25, -0.2) is 0 Å². The van der Waals surface area contributed by atoms with Crippen molar-refractivity contribution in [3.8, 4) is 22.3 Å². The highest BCUT2D eigenvalue weighted by molar-refractivity contribution is 6.12. The van der Waals surface area contributed by atoms with Gasteiger partial charge in [0.25, 0.3) is 0 Å². The average Bonchev–Trinajstić information content (AvgIpc) is 3.95. The van der Waals surface area contributed by atoms with E-state index in [1.54, 1.807) is 0 Å². The highest BCUT2D eigenvalue weighted by atomic mass is 16.3. The van der Waals surface area contributed by atoms with Crippen LogP contribution in [0.5, 0.6) is 0 Å². The van der Waals surface area contributed by atoms with E-state index in [-0.39, 0.29) is 0 Å². The Labute approximate surface area is 321 Å². The van der Waals surface area contributed by atoms with Gasteiger partial charge in [-0.2, -0.15) is 0 Å². The summed E-state index contributed by atoms with van der Waals surface area (Å²) in [5.41, 5.74) is 12.7. The van der Waals surface area contributed by atoms with Gasteiger partial charge < -0.3 is 18.1 Å². The zero-order valence-corrected chi connectivity index (χ0v) is 30.2. The Balaban J connectivity index is 0.963. The Kier molecular flexibility index (Phi) is 6.60. The van der Waals surface area contributed by atoms with E-state index >= 15 is 0 Å². The molecule has 4 nitrogen and oxygen atoms in total. The summed E-state index contributed by atoms with van der Waals surface area (Å²) >= 11 is 0. The molecule has 0 amide bonds. The highest BCUT2D eigenvalue weighted by Gasteiger charge is 2.17. The Bertz CT molecular complexity index is 3290. The standard InChI is InChI=1S/C52H32N2O2/c1-3-10-49-45(8-1)47-28-36-18-22-43(25-38(36)30-51(47)55-49)54(44-23-19-37-29-48-46-9-2-4-11-50(46)56-52(48)31-39(37)26-44)41-20-16-34(17-21-41)33-12-14-35(15-13-33)40-27-42-7-5-6-24-53(42)32-40/h1-32H. The number of benzene rings is 8. The van der Waals surface area contributed by atoms with Crippen molar-refractivity contribution in [1.82, 2.24) is 4.40 Å². The second-order valence-corrected chi connectivity index (χ2v) is 14.7. The van der Waals surface area contributed by atoms with Crippen LogP contribution < -0.4 is 4.90 Å². The van der Waals surface area contributed by atoms with Gasteiger partial charge in [0.15, 0.2) is 0 Å². The van der Waals surface area contributed by atoms with Crippen LogP contribution in [0.1, 0.15) is 0 Å². The molecule has 0 aliphatic rings. The minimum atomic E-state index is 0.892. The van der Waals surface area contributed by atoms with E-state index in [1.165, 1.54) is 38.5 Å². The van der Waals surface area contributed by atoms with Crippen molar-refractivity contribution in [2.24, 2.45) is 0 Å². The molecule has 8 aromatic carbocycles. The molecule has 12 rings (SSSR count). The highest BCUT2D eigenvalue weighted by Crippen LogP contribution is 2.41. The van der Waals surface area contributed by atoms with Gasteiger partial charge in [-0.3, -0.25) is 0 Å². The number of hydrogen-bond donors (Lipinski definition) is 0. The lowest BCUT2D eigenvalue weighted by molar-refractivity contribution is 0.669. The lowest BCUT2D eigenvalue weighted by Crippen LogP contribution is -2.09. The van der Waals surface area contributed by atoms with Crippen LogP contribution in [0.2, 0.25) is 0 Å². The lowest BCUT2D eigenvalue weighted by atomic mass is 10.0. The van der Waals surface area contributed by atoms with Gasteiger partial charge in [-0.15, -0.1) is 0 Å². The number of rotatable bonds is 5. The molecule has 0 aliphatic carbocycles. The number of nitrogens with zero attached hydrogens (tertiary/aromatic N) is 2. The number of fused-ring (bicyclic) bond motifs is 9. The third kappa shape index (κ3) is 4.93. The van der Waals surface area contributed by atoms with Crippen molar-refractivity contribution in [3.05, 3.63) is 194 Å². The second kappa shape index (κ2) is 12.0. The first-order chi connectivity index (χ1) is 27.7. The average molecular weight is 717 g/mol. The maximum absolute atomic E-state index is 6.31. The Morgan fingerprint density at radius 1 is 0.339 bits per heavy atom. The first-order valence-corrected chi connectivity index (χ1v) is 19.0. The normalized spacial score (nSPS) is 11.9. The first-order valence-electron chi connectivity index (χ1n) is 19.0. The Morgan fingerprint density at radius 2 is 0.839 bits per heavy atom. The topological polar surface area (TPSA) is 33.9 Å². The minimum absolute atomic E-state index is 0.892. The summed E-state index contributed by atoms with van der Waals surface area (Å²) in [4.78, 5) is 2.34. The van der Waals surface area contributed by atoms with E-state index < -0.39 is 0 Å². The molecule has 0 N–H and O–H groups in total. The largest absolute Gasteiger partial charge is 0.456 e. The fourth-order valence-corrected chi connectivity index (χ4v) is 8.51. The molecule has 0 saturated heterocycles. The molecule has 4 heteroatoms. The molecule has 4 heterocycles. The van der Waals surface area contributed by atoms with Gasteiger partial charge in [0.1, 0.15) is 22.3 Å². The molecule has 0 aliphatic heterocycles. The van der Waals surface area contributed by atoms with E-state index in [1.807, 2.05) is 24.3 Å². The summed E-state index contributed by atoms with van der Waals surface area (Å²) in [7, 11) is 0. The number of anilines is 3. The molecule has 0 radical (unpaired) electrons. The number of pyridine rings is 1. The molecule has 0 saturated carbocycles. The van der Waals surface area contributed by atoms with Gasteiger partial charge in [-0.1, -0.05) is 91.0 Å². The molecular weight excluding hydrogens is 685 g/mol. The van der Waals surface area contributed by atoms with Crippen LogP contribution in [0, 0.1) is 0 Å². The van der Waals surface area contributed by atoms with E-state index in [0.717, 1.165) is 71.7 Å². The molecule has 56 heavy (non-hydrogen) atoms. The zero-order valence-electron chi connectivity index (χ0n) is 30.2. The molecule has 0 fully saturated rings. The van der Waals surface area contributed by atoms with Crippen molar-refractivity contribution < 1.29 is 8.83 Å². The van der Waals surface area contributed by atoms with Crippen LogP contribution in [0.25, 0.3) is 93.2 Å². The van der Waals surface area contributed by atoms with Gasteiger partial charge in [-0.05, 0) is 129 Å². The maximum atomic E-state index is 6.31. The maximum Gasteiger partial charge on any atom is 0.136 e. The van der Waals surface area contributed by atoms with Crippen LogP contribution in [0.3, 0.4) is 0 Å². The van der Waals surface area contributed by atoms with Gasteiger partial charge in [0, 0.05) is 62.1 Å². The molecule has 0 spiro atoms. The van der Waals surface area contributed by atoms with E-state index in [9.17, 15) is 0 Å². The number of hydrogen-bond acceptors (Lipinski definition) is 3. The molecule has 262 valence electrons. The van der Waals surface area contributed by atoms with Crippen molar-refractivity contribution in [3.63, 3.8) is 0 Å². The molecule has 12 aromatic rings. The quantitative estimate of drug-likeness (QED) is 0.178. The van der Waals surface area contributed by atoms with Gasteiger partial charge in [0.05, 0.1) is 0 Å². The Hall–Kier alpha value is -7.56. The molecule has 0 bridgehead atoms. The van der Waals surface area contributed by atoms with Crippen molar-refractivity contribution in [1.29, 1.82) is 0 Å². The molecule has 0 atom stereocenters. The summed E-state index contributed by atoms with van der Waals surface area (Å²) in [5.74, 6) is 0. The Morgan fingerprint density at radius 3 is 1.41 bits per heavy atom.